The maximum Gasteiger partial charge on any atom is 0.205 e. The van der Waals surface area contributed by atoms with Gasteiger partial charge in [-0.1, -0.05) is 0 Å². The Morgan fingerprint density at radius 1 is 1.69 bits per heavy atom. The van der Waals surface area contributed by atoms with Crippen molar-refractivity contribution in [1.29, 1.82) is 0 Å². The lowest BCUT2D eigenvalue weighted by Crippen LogP contribution is -2.41. The van der Waals surface area contributed by atoms with E-state index in [0.29, 0.717) is 12.5 Å². The number of nitrogens with two attached hydrogens (primary N) is 1. The molecule has 0 atom stereocenters. The van der Waals surface area contributed by atoms with E-state index in [4.69, 9.17) is 5.84 Å². The molecule has 1 aromatic heterocycles. The third-order valence-electron chi connectivity index (χ3n) is 1.44. The number of aromatic nitrogens is 2. The average molecular weight is 180 g/mol. The fourth-order valence-electron chi connectivity index (χ4n) is 0.792. The molecule has 70 valence electrons. The molecule has 4 N–H and O–H groups in total. The molecule has 0 saturated heterocycles. The molecular weight excluding hydrogens is 168 g/mol. The molecule has 0 bridgehead atoms. The Labute approximate surface area is 76.3 Å². The van der Waals surface area contributed by atoms with Crippen molar-refractivity contribution in [3.63, 3.8) is 0 Å². The lowest BCUT2D eigenvalue weighted by Gasteiger charge is -2.06. The molecule has 0 aromatic carbocycles. The van der Waals surface area contributed by atoms with E-state index >= 15 is 0 Å². The van der Waals surface area contributed by atoms with Crippen molar-refractivity contribution >= 4 is 5.96 Å². The van der Waals surface area contributed by atoms with E-state index in [1.165, 1.54) is 6.33 Å². The lowest BCUT2D eigenvalue weighted by molar-refractivity contribution is 0.813. The van der Waals surface area contributed by atoms with Crippen molar-refractivity contribution in [3.05, 3.63) is 24.3 Å². The first kappa shape index (κ1) is 9.40. The number of hydrogen-bond donors (Lipinski definition) is 3. The molecule has 0 unspecified atom stereocenters. The van der Waals surface area contributed by atoms with Crippen LogP contribution in [0, 0.1) is 0 Å². The zero-order chi connectivity index (χ0) is 9.52. The molecule has 6 nitrogen and oxygen atoms in total. The van der Waals surface area contributed by atoms with Gasteiger partial charge in [0.25, 0.3) is 0 Å². The topological polar surface area (TPSA) is 88.2 Å². The molecule has 0 aliphatic rings. The van der Waals surface area contributed by atoms with Crippen LogP contribution in [0.3, 0.4) is 0 Å². The number of rotatable bonds is 2. The third-order valence-corrected chi connectivity index (χ3v) is 1.44. The van der Waals surface area contributed by atoms with E-state index in [0.717, 1.165) is 5.69 Å². The Hall–Kier alpha value is -1.69. The molecule has 0 aliphatic carbocycles. The number of nitrogens with one attached hydrogen (secondary N) is 2. The van der Waals surface area contributed by atoms with Gasteiger partial charge in [-0.15, -0.1) is 0 Å². The first-order chi connectivity index (χ1) is 6.36. The smallest absolute Gasteiger partial charge is 0.205 e. The van der Waals surface area contributed by atoms with E-state index in [1.54, 1.807) is 13.2 Å². The van der Waals surface area contributed by atoms with E-state index < -0.39 is 0 Å². The van der Waals surface area contributed by atoms with Gasteiger partial charge in [0.2, 0.25) is 5.96 Å². The lowest BCUT2D eigenvalue weighted by atomic mass is 10.4. The molecule has 1 aromatic rings. The zero-order valence-electron chi connectivity index (χ0n) is 7.36. The van der Waals surface area contributed by atoms with Crippen LogP contribution in [0.1, 0.15) is 5.69 Å². The van der Waals surface area contributed by atoms with Gasteiger partial charge in [-0.2, -0.15) is 0 Å². The second kappa shape index (κ2) is 5.04. The molecule has 13 heavy (non-hydrogen) atoms. The first-order valence-corrected chi connectivity index (χ1v) is 3.79. The van der Waals surface area contributed by atoms with Gasteiger partial charge >= 0.3 is 0 Å². The fourth-order valence-corrected chi connectivity index (χ4v) is 0.792. The quantitative estimate of drug-likeness (QED) is 0.235. The van der Waals surface area contributed by atoms with Crippen molar-refractivity contribution < 1.29 is 0 Å². The highest BCUT2D eigenvalue weighted by Gasteiger charge is 1.94. The van der Waals surface area contributed by atoms with Gasteiger partial charge in [-0.3, -0.25) is 10.4 Å². The molecule has 0 radical (unpaired) electrons. The first-order valence-electron chi connectivity index (χ1n) is 3.79. The molecule has 0 spiro atoms. The summed E-state index contributed by atoms with van der Waals surface area (Å²) in [7, 11) is 1.64. The molecule has 6 heteroatoms. The summed E-state index contributed by atoms with van der Waals surface area (Å²) < 4.78 is 0. The molecule has 0 fully saturated rings. The Morgan fingerprint density at radius 3 is 3.08 bits per heavy atom. The summed E-state index contributed by atoms with van der Waals surface area (Å²) in [6.45, 7) is 0.569. The van der Waals surface area contributed by atoms with Crippen molar-refractivity contribution in [2.75, 3.05) is 7.05 Å². The van der Waals surface area contributed by atoms with Gasteiger partial charge in [0, 0.05) is 13.2 Å². The van der Waals surface area contributed by atoms with Crippen LogP contribution in [0.4, 0.5) is 0 Å². The normalized spacial score (nSPS) is 11.1. The van der Waals surface area contributed by atoms with E-state index in [-0.39, 0.29) is 0 Å². The van der Waals surface area contributed by atoms with E-state index in [1.807, 2.05) is 6.07 Å². The molecular formula is C7H12N6. The molecule has 0 amide bonds. The minimum Gasteiger partial charge on any atom is -0.350 e. The number of nitrogens with zero attached hydrogens (tertiary/aromatic N) is 3. The van der Waals surface area contributed by atoms with Crippen LogP contribution in [-0.2, 0) is 6.54 Å². The molecule has 0 saturated carbocycles. The van der Waals surface area contributed by atoms with Crippen molar-refractivity contribution in [1.82, 2.24) is 20.7 Å². The average Bonchev–Trinajstić information content (AvgIpc) is 2.21. The maximum atomic E-state index is 5.17. The Morgan fingerprint density at radius 2 is 2.54 bits per heavy atom. The Bertz CT molecular complexity index is 270. The van der Waals surface area contributed by atoms with E-state index in [2.05, 4.69) is 25.7 Å². The summed E-state index contributed by atoms with van der Waals surface area (Å²) in [5, 5.41) is 2.96. The van der Waals surface area contributed by atoms with Crippen LogP contribution in [0.25, 0.3) is 0 Å². The van der Waals surface area contributed by atoms with Crippen molar-refractivity contribution in [2.45, 2.75) is 6.54 Å². The van der Waals surface area contributed by atoms with Gasteiger partial charge in [0.05, 0.1) is 12.2 Å². The fraction of sp³-hybridized carbons (Fsp3) is 0.286. The highest BCUT2D eigenvalue weighted by Crippen LogP contribution is 1.88. The van der Waals surface area contributed by atoms with E-state index in [9.17, 15) is 0 Å². The number of hydrogen-bond acceptors (Lipinski definition) is 4. The summed E-state index contributed by atoms with van der Waals surface area (Å²) in [5.41, 5.74) is 3.30. The minimum atomic E-state index is 0.526. The van der Waals surface area contributed by atoms with Crippen LogP contribution in [-0.4, -0.2) is 23.0 Å². The van der Waals surface area contributed by atoms with Crippen LogP contribution >= 0.6 is 0 Å². The summed E-state index contributed by atoms with van der Waals surface area (Å²) in [4.78, 5) is 11.7. The van der Waals surface area contributed by atoms with Crippen LogP contribution in [0.5, 0.6) is 0 Å². The van der Waals surface area contributed by atoms with Crippen molar-refractivity contribution in [2.24, 2.45) is 10.8 Å². The van der Waals surface area contributed by atoms with Gasteiger partial charge in [0.15, 0.2) is 0 Å². The molecule has 1 rings (SSSR count). The zero-order valence-corrected chi connectivity index (χ0v) is 7.36. The van der Waals surface area contributed by atoms with Crippen molar-refractivity contribution in [3.8, 4) is 0 Å². The van der Waals surface area contributed by atoms with Gasteiger partial charge < -0.3 is 5.32 Å². The molecule has 0 aliphatic heterocycles. The highest BCUT2D eigenvalue weighted by atomic mass is 15.3. The number of aliphatic imine (C=N–C) groups is 1. The standard InChI is InChI=1S/C7H12N6/c1-9-7(13-8)11-4-6-2-3-10-5-12-6/h2-3,5H,4,8H2,1H3,(H2,9,11,13). The highest BCUT2D eigenvalue weighted by molar-refractivity contribution is 5.78. The van der Waals surface area contributed by atoms with Gasteiger partial charge in [-0.25, -0.2) is 15.8 Å². The maximum absolute atomic E-state index is 5.17. The summed E-state index contributed by atoms with van der Waals surface area (Å²) >= 11 is 0. The van der Waals surface area contributed by atoms with Crippen LogP contribution in [0.15, 0.2) is 23.6 Å². The third kappa shape index (κ3) is 3.04. The predicted molar refractivity (Wildman–Crippen MR) is 49.6 cm³/mol. The Balaban J connectivity index is 2.43. The van der Waals surface area contributed by atoms with Crippen LogP contribution < -0.4 is 16.6 Å². The second-order valence-electron chi connectivity index (χ2n) is 2.27. The summed E-state index contributed by atoms with van der Waals surface area (Å²) in [6.07, 6.45) is 3.18. The molecule has 1 heterocycles. The Kier molecular flexibility index (Phi) is 3.65. The number of guanidine groups is 1. The number of hydrazine groups is 1. The monoisotopic (exact) mass is 180 g/mol. The summed E-state index contributed by atoms with van der Waals surface area (Å²) in [6, 6.07) is 1.82. The largest absolute Gasteiger partial charge is 0.350 e. The van der Waals surface area contributed by atoms with Crippen LogP contribution in [0.2, 0.25) is 0 Å². The predicted octanol–water partition coefficient (Wildman–Crippen LogP) is -0.985. The SMILES string of the molecule is CN=C(NN)NCc1ccncn1. The van der Waals surface area contributed by atoms with Gasteiger partial charge in [-0.05, 0) is 6.07 Å². The van der Waals surface area contributed by atoms with Gasteiger partial charge in [0.1, 0.15) is 6.33 Å². The minimum absolute atomic E-state index is 0.526. The second-order valence-corrected chi connectivity index (χ2v) is 2.27. The summed E-state index contributed by atoms with van der Waals surface area (Å²) in [5.74, 6) is 5.70.